The van der Waals surface area contributed by atoms with E-state index >= 15 is 0 Å². The summed E-state index contributed by atoms with van der Waals surface area (Å²) in [7, 11) is 0. The minimum atomic E-state index is 0.570. The Kier molecular flexibility index (Phi) is 4.28. The highest BCUT2D eigenvalue weighted by Crippen LogP contribution is 2.16. The maximum atomic E-state index is 5.75. The van der Waals surface area contributed by atoms with Crippen molar-refractivity contribution in [3.63, 3.8) is 0 Å². The van der Waals surface area contributed by atoms with Gasteiger partial charge in [0.2, 0.25) is 0 Å². The molecule has 0 aliphatic carbocycles. The number of nitrogen functional groups attached to an aromatic ring is 1. The number of rotatable bonds is 5. The second kappa shape index (κ2) is 5.26. The third kappa shape index (κ3) is 2.65. The average Bonchev–Trinajstić information content (AvgIpc) is 2.59. The van der Waals surface area contributed by atoms with E-state index in [1.165, 1.54) is 11.5 Å². The van der Waals surface area contributed by atoms with Gasteiger partial charge < -0.3 is 5.73 Å². The van der Waals surface area contributed by atoms with Crippen molar-refractivity contribution in [3.05, 3.63) is 5.69 Å². The van der Waals surface area contributed by atoms with E-state index in [1.54, 1.807) is 0 Å². The third-order valence-electron chi connectivity index (χ3n) is 2.56. The maximum absolute atomic E-state index is 5.75. The summed E-state index contributed by atoms with van der Waals surface area (Å²) in [6.45, 7) is 8.40. The summed E-state index contributed by atoms with van der Waals surface area (Å²) >= 11 is 1.27. The van der Waals surface area contributed by atoms with Crippen LogP contribution in [0.5, 0.6) is 0 Å². The first-order valence-corrected chi connectivity index (χ1v) is 5.77. The van der Waals surface area contributed by atoms with Crippen LogP contribution in [0.4, 0.5) is 5.00 Å². The second-order valence-electron chi connectivity index (χ2n) is 3.40. The Morgan fingerprint density at radius 1 is 1.50 bits per heavy atom. The van der Waals surface area contributed by atoms with Gasteiger partial charge in [-0.3, -0.25) is 4.90 Å². The Labute approximate surface area is 89.3 Å². The van der Waals surface area contributed by atoms with Crippen LogP contribution in [0.3, 0.4) is 0 Å². The number of hydrogen-bond acceptors (Lipinski definition) is 5. The van der Waals surface area contributed by atoms with Crippen LogP contribution in [0, 0.1) is 0 Å². The van der Waals surface area contributed by atoms with Gasteiger partial charge in [-0.2, -0.15) is 0 Å². The quantitative estimate of drug-likeness (QED) is 0.811. The van der Waals surface area contributed by atoms with E-state index in [4.69, 9.17) is 5.73 Å². The number of hydrogen-bond donors (Lipinski definition) is 1. The lowest BCUT2D eigenvalue weighted by Crippen LogP contribution is -2.32. The first kappa shape index (κ1) is 11.4. The summed E-state index contributed by atoms with van der Waals surface area (Å²) < 4.78 is 3.83. The molecule has 14 heavy (non-hydrogen) atoms. The van der Waals surface area contributed by atoms with Crippen LogP contribution in [0.1, 0.15) is 32.9 Å². The molecule has 0 fully saturated rings. The average molecular weight is 214 g/mol. The van der Waals surface area contributed by atoms with Gasteiger partial charge in [-0.1, -0.05) is 18.3 Å². The van der Waals surface area contributed by atoms with Crippen molar-refractivity contribution in [2.75, 3.05) is 12.3 Å². The molecule has 0 amide bonds. The van der Waals surface area contributed by atoms with Crippen LogP contribution < -0.4 is 5.73 Å². The van der Waals surface area contributed by atoms with Crippen molar-refractivity contribution >= 4 is 16.5 Å². The lowest BCUT2D eigenvalue weighted by Gasteiger charge is -2.25. The summed E-state index contributed by atoms with van der Waals surface area (Å²) in [5, 5.41) is 4.76. The molecule has 0 spiro atoms. The van der Waals surface area contributed by atoms with Crippen molar-refractivity contribution in [2.45, 2.75) is 39.8 Å². The van der Waals surface area contributed by atoms with Gasteiger partial charge in [0.15, 0.2) is 0 Å². The molecule has 0 bridgehead atoms. The minimum Gasteiger partial charge on any atom is -0.388 e. The molecule has 5 heteroatoms. The zero-order chi connectivity index (χ0) is 10.6. The fraction of sp³-hybridized carbons (Fsp3) is 0.778. The van der Waals surface area contributed by atoms with Crippen LogP contribution in [0.15, 0.2) is 0 Å². The van der Waals surface area contributed by atoms with Crippen molar-refractivity contribution < 1.29 is 0 Å². The standard InChI is InChI=1S/C9H18N4S/c1-4-7(3)13(5-2)6-8-9(10)14-12-11-8/h7H,4-6,10H2,1-3H3. The van der Waals surface area contributed by atoms with Crippen LogP contribution in [0.2, 0.25) is 0 Å². The van der Waals surface area contributed by atoms with Crippen LogP contribution >= 0.6 is 11.5 Å². The van der Waals surface area contributed by atoms with Crippen LogP contribution in [-0.2, 0) is 6.54 Å². The Balaban J connectivity index is 2.61. The summed E-state index contributed by atoms with van der Waals surface area (Å²) in [6.07, 6.45) is 1.14. The van der Waals surface area contributed by atoms with E-state index in [-0.39, 0.29) is 0 Å². The molecule has 0 aliphatic heterocycles. The zero-order valence-corrected chi connectivity index (χ0v) is 9.84. The number of nitrogens with two attached hydrogens (primary N) is 1. The molecule has 1 rings (SSSR count). The summed E-state index contributed by atoms with van der Waals surface area (Å²) in [4.78, 5) is 2.35. The fourth-order valence-corrected chi connectivity index (χ4v) is 1.79. The molecule has 0 aliphatic rings. The molecule has 80 valence electrons. The van der Waals surface area contributed by atoms with Gasteiger partial charge in [0.25, 0.3) is 0 Å². The lowest BCUT2D eigenvalue weighted by molar-refractivity contribution is 0.204. The predicted octanol–water partition coefficient (Wildman–Crippen LogP) is 1.74. The number of nitrogens with zero attached hydrogens (tertiary/aromatic N) is 3. The molecular weight excluding hydrogens is 196 g/mol. The highest BCUT2D eigenvalue weighted by molar-refractivity contribution is 7.09. The lowest BCUT2D eigenvalue weighted by atomic mass is 10.2. The second-order valence-corrected chi connectivity index (χ2v) is 4.19. The van der Waals surface area contributed by atoms with E-state index in [0.29, 0.717) is 6.04 Å². The molecule has 1 unspecified atom stereocenters. The first-order chi connectivity index (χ1) is 6.69. The normalized spacial score (nSPS) is 13.4. The van der Waals surface area contributed by atoms with Gasteiger partial charge in [-0.15, -0.1) is 5.10 Å². The van der Waals surface area contributed by atoms with Crippen molar-refractivity contribution in [1.29, 1.82) is 0 Å². The van der Waals surface area contributed by atoms with Crippen molar-refractivity contribution in [1.82, 2.24) is 14.5 Å². The molecule has 1 atom stereocenters. The molecule has 2 N–H and O–H groups in total. The molecular formula is C9H18N4S. The van der Waals surface area contributed by atoms with Gasteiger partial charge >= 0.3 is 0 Å². The summed E-state index contributed by atoms with van der Waals surface area (Å²) in [5.74, 6) is 0. The largest absolute Gasteiger partial charge is 0.388 e. The van der Waals surface area contributed by atoms with Crippen LogP contribution in [0.25, 0.3) is 0 Å². The SMILES string of the molecule is CCC(C)N(CC)Cc1nnsc1N. The third-order valence-corrected chi connectivity index (χ3v) is 3.15. The molecule has 0 saturated heterocycles. The smallest absolute Gasteiger partial charge is 0.132 e. The van der Waals surface area contributed by atoms with E-state index < -0.39 is 0 Å². The maximum Gasteiger partial charge on any atom is 0.132 e. The molecule has 0 radical (unpaired) electrons. The van der Waals surface area contributed by atoms with E-state index in [1.807, 2.05) is 0 Å². The Morgan fingerprint density at radius 3 is 2.64 bits per heavy atom. The highest BCUT2D eigenvalue weighted by atomic mass is 32.1. The summed E-state index contributed by atoms with van der Waals surface area (Å²) in [6, 6.07) is 0.570. The van der Waals surface area contributed by atoms with E-state index in [0.717, 1.165) is 30.2 Å². The molecule has 1 aromatic rings. The molecule has 1 aromatic heterocycles. The van der Waals surface area contributed by atoms with E-state index in [9.17, 15) is 0 Å². The van der Waals surface area contributed by atoms with Gasteiger partial charge in [0.1, 0.15) is 10.7 Å². The molecule has 4 nitrogen and oxygen atoms in total. The number of anilines is 1. The molecule has 0 saturated carbocycles. The summed E-state index contributed by atoms with van der Waals surface area (Å²) in [5.41, 5.74) is 6.67. The molecule has 0 aromatic carbocycles. The Hall–Kier alpha value is -0.680. The topological polar surface area (TPSA) is 55.0 Å². The van der Waals surface area contributed by atoms with Gasteiger partial charge in [-0.25, -0.2) is 0 Å². The fourth-order valence-electron chi connectivity index (χ4n) is 1.36. The number of aromatic nitrogens is 2. The van der Waals surface area contributed by atoms with Crippen molar-refractivity contribution in [3.8, 4) is 0 Å². The van der Waals surface area contributed by atoms with Gasteiger partial charge in [0.05, 0.1) is 0 Å². The van der Waals surface area contributed by atoms with Crippen molar-refractivity contribution in [2.24, 2.45) is 0 Å². The zero-order valence-electron chi connectivity index (χ0n) is 9.03. The van der Waals surface area contributed by atoms with Crippen LogP contribution in [-0.4, -0.2) is 27.1 Å². The van der Waals surface area contributed by atoms with E-state index in [2.05, 4.69) is 35.3 Å². The molecule has 1 heterocycles. The predicted molar refractivity (Wildman–Crippen MR) is 60.2 cm³/mol. The first-order valence-electron chi connectivity index (χ1n) is 4.99. The Bertz CT molecular complexity index is 274. The minimum absolute atomic E-state index is 0.570. The highest BCUT2D eigenvalue weighted by Gasteiger charge is 2.13. The Morgan fingerprint density at radius 2 is 2.21 bits per heavy atom. The van der Waals surface area contributed by atoms with Gasteiger partial charge in [-0.05, 0) is 19.9 Å². The monoisotopic (exact) mass is 214 g/mol. The van der Waals surface area contributed by atoms with Gasteiger partial charge in [0, 0.05) is 24.1 Å².